The van der Waals surface area contributed by atoms with E-state index in [0.29, 0.717) is 5.46 Å². The van der Waals surface area contributed by atoms with Gasteiger partial charge in [-0.3, -0.25) is 4.98 Å². The third-order valence-corrected chi connectivity index (χ3v) is 5.30. The van der Waals surface area contributed by atoms with E-state index in [-0.39, 0.29) is 10.8 Å². The summed E-state index contributed by atoms with van der Waals surface area (Å²) in [5, 5.41) is 10.3. The number of nitrogens with one attached hydrogen (secondary N) is 1. The number of sulfonamides is 1. The Labute approximate surface area is 139 Å². The maximum absolute atomic E-state index is 12.3. The Morgan fingerprint density at radius 1 is 1.22 bits per heavy atom. The minimum absolute atomic E-state index is 0.00470. The third-order valence-electron chi connectivity index (χ3n) is 3.58. The molecule has 2 N–H and O–H groups in total. The van der Waals surface area contributed by atoms with Crippen molar-refractivity contribution in [2.45, 2.75) is 64.5 Å². The predicted octanol–water partition coefficient (Wildman–Crippen LogP) is 1.30. The van der Waals surface area contributed by atoms with E-state index in [0.717, 1.165) is 0 Å². The molecule has 1 aromatic rings. The van der Waals surface area contributed by atoms with Crippen LogP contribution < -0.4 is 10.2 Å². The maximum atomic E-state index is 12.3. The summed E-state index contributed by atoms with van der Waals surface area (Å²) in [6.45, 7) is 13.0. The molecule has 23 heavy (non-hydrogen) atoms. The van der Waals surface area contributed by atoms with Crippen LogP contribution in [0.2, 0.25) is 0 Å². The molecular formula is C15H27BN2O4S. The Kier molecular flexibility index (Phi) is 6.01. The van der Waals surface area contributed by atoms with Crippen LogP contribution >= 0.6 is 0 Å². The van der Waals surface area contributed by atoms with E-state index < -0.39 is 28.3 Å². The summed E-state index contributed by atoms with van der Waals surface area (Å²) in [4.78, 5) is 3.91. The number of hydrogen-bond acceptors (Lipinski definition) is 5. The molecule has 0 unspecified atom stereocenters. The minimum atomic E-state index is -3.71. The van der Waals surface area contributed by atoms with Crippen LogP contribution in [0.15, 0.2) is 23.4 Å². The molecule has 0 saturated heterocycles. The van der Waals surface area contributed by atoms with Crippen molar-refractivity contribution in [2.24, 2.45) is 5.92 Å². The fourth-order valence-electron chi connectivity index (χ4n) is 1.67. The number of pyridine rings is 1. The van der Waals surface area contributed by atoms with Gasteiger partial charge in [-0.1, -0.05) is 13.8 Å². The summed E-state index contributed by atoms with van der Waals surface area (Å²) in [6, 6.07) is 1.38. The Bertz CT molecular complexity index is 639. The molecule has 0 aromatic carbocycles. The van der Waals surface area contributed by atoms with Gasteiger partial charge in [0.05, 0.1) is 10.5 Å². The normalized spacial score (nSPS) is 13.4. The van der Waals surface area contributed by atoms with Crippen LogP contribution in [-0.2, 0) is 14.7 Å². The summed E-state index contributed by atoms with van der Waals surface area (Å²) < 4.78 is 32.9. The fourth-order valence-corrected chi connectivity index (χ4v) is 3.09. The highest BCUT2D eigenvalue weighted by Gasteiger charge is 2.31. The molecule has 0 saturated carbocycles. The van der Waals surface area contributed by atoms with Gasteiger partial charge in [0.25, 0.3) is 0 Å². The second-order valence-electron chi connectivity index (χ2n) is 7.54. The molecule has 0 spiro atoms. The van der Waals surface area contributed by atoms with Crippen molar-refractivity contribution in [3.05, 3.63) is 18.5 Å². The molecule has 1 aromatic heterocycles. The zero-order valence-corrected chi connectivity index (χ0v) is 15.7. The van der Waals surface area contributed by atoms with Gasteiger partial charge in [0.1, 0.15) is 0 Å². The summed E-state index contributed by atoms with van der Waals surface area (Å²) in [5.41, 5.74) is -0.864. The first-order valence-corrected chi connectivity index (χ1v) is 9.08. The molecule has 0 amide bonds. The average molecular weight is 342 g/mol. The zero-order chi connectivity index (χ0) is 18.1. The van der Waals surface area contributed by atoms with E-state index in [9.17, 15) is 13.4 Å². The van der Waals surface area contributed by atoms with Crippen molar-refractivity contribution >= 4 is 22.6 Å². The monoisotopic (exact) mass is 342 g/mol. The number of aromatic nitrogens is 1. The van der Waals surface area contributed by atoms with E-state index in [1.54, 1.807) is 20.8 Å². The SMILES string of the molecule is CC(C)C(C)(C)OB(O)c1cncc(S(=O)(=O)NC(C)(C)C)c1. The van der Waals surface area contributed by atoms with Gasteiger partial charge in [-0.15, -0.1) is 0 Å². The summed E-state index contributed by atoms with van der Waals surface area (Å²) in [6.07, 6.45) is 2.65. The quantitative estimate of drug-likeness (QED) is 0.761. The number of hydrogen-bond donors (Lipinski definition) is 2. The molecule has 0 radical (unpaired) electrons. The lowest BCUT2D eigenvalue weighted by Gasteiger charge is -2.31. The molecule has 0 bridgehead atoms. The van der Waals surface area contributed by atoms with E-state index in [2.05, 4.69) is 9.71 Å². The van der Waals surface area contributed by atoms with Crippen LogP contribution in [0, 0.1) is 5.92 Å². The van der Waals surface area contributed by atoms with Gasteiger partial charge < -0.3 is 9.68 Å². The fraction of sp³-hybridized carbons (Fsp3) is 0.667. The van der Waals surface area contributed by atoms with Crippen molar-refractivity contribution in [1.82, 2.24) is 9.71 Å². The second kappa shape index (κ2) is 6.89. The van der Waals surface area contributed by atoms with Gasteiger partial charge in [-0.25, -0.2) is 13.1 Å². The lowest BCUT2D eigenvalue weighted by molar-refractivity contribution is 0.0423. The molecule has 8 heteroatoms. The first-order chi connectivity index (χ1) is 10.2. The smallest absolute Gasteiger partial charge is 0.423 e. The molecule has 0 aliphatic rings. The van der Waals surface area contributed by atoms with Gasteiger partial charge in [0.2, 0.25) is 10.0 Å². The summed E-state index contributed by atoms with van der Waals surface area (Å²) >= 11 is 0. The molecule has 130 valence electrons. The molecule has 0 aliphatic carbocycles. The van der Waals surface area contributed by atoms with Gasteiger partial charge in [-0.2, -0.15) is 0 Å². The van der Waals surface area contributed by atoms with Crippen LogP contribution in [0.5, 0.6) is 0 Å². The lowest BCUT2D eigenvalue weighted by atomic mass is 9.78. The van der Waals surface area contributed by atoms with Gasteiger partial charge in [0.15, 0.2) is 0 Å². The van der Waals surface area contributed by atoms with Crippen molar-refractivity contribution in [1.29, 1.82) is 0 Å². The highest BCUT2D eigenvalue weighted by atomic mass is 32.2. The van der Waals surface area contributed by atoms with Crippen molar-refractivity contribution in [3.8, 4) is 0 Å². The van der Waals surface area contributed by atoms with Gasteiger partial charge in [0, 0.05) is 23.4 Å². The zero-order valence-electron chi connectivity index (χ0n) is 14.9. The first kappa shape index (κ1) is 20.1. The number of nitrogens with zero attached hydrogens (tertiary/aromatic N) is 1. The number of rotatable bonds is 6. The van der Waals surface area contributed by atoms with E-state index in [1.165, 1.54) is 18.5 Å². The van der Waals surface area contributed by atoms with Crippen molar-refractivity contribution < 1.29 is 18.1 Å². The standard InChI is InChI=1S/C15H27BN2O4S/c1-11(2)15(6,7)22-16(19)12-8-13(10-17-9-12)23(20,21)18-14(3,4)5/h8-11,18-19H,1-7H3. The van der Waals surface area contributed by atoms with E-state index in [4.69, 9.17) is 4.65 Å². The lowest BCUT2D eigenvalue weighted by Crippen LogP contribution is -2.45. The predicted molar refractivity (Wildman–Crippen MR) is 91.9 cm³/mol. The summed E-state index contributed by atoms with van der Waals surface area (Å²) in [7, 11) is -4.96. The van der Waals surface area contributed by atoms with Gasteiger partial charge >= 0.3 is 7.12 Å². The Morgan fingerprint density at radius 3 is 2.26 bits per heavy atom. The topological polar surface area (TPSA) is 88.5 Å². The highest BCUT2D eigenvalue weighted by molar-refractivity contribution is 7.89. The molecule has 0 atom stereocenters. The van der Waals surface area contributed by atoms with Crippen molar-refractivity contribution in [2.75, 3.05) is 0 Å². The Balaban J connectivity index is 3.06. The second-order valence-corrected chi connectivity index (χ2v) is 9.22. The van der Waals surface area contributed by atoms with Gasteiger partial charge in [-0.05, 0) is 46.6 Å². The van der Waals surface area contributed by atoms with E-state index >= 15 is 0 Å². The van der Waals surface area contributed by atoms with Crippen LogP contribution in [0.1, 0.15) is 48.5 Å². The minimum Gasteiger partial charge on any atom is -0.423 e. The maximum Gasteiger partial charge on any atom is 0.493 e. The van der Waals surface area contributed by atoms with Crippen LogP contribution in [0.3, 0.4) is 0 Å². The van der Waals surface area contributed by atoms with Crippen LogP contribution in [-0.4, -0.2) is 36.7 Å². The molecule has 6 nitrogen and oxygen atoms in total. The Morgan fingerprint density at radius 2 is 1.78 bits per heavy atom. The molecular weight excluding hydrogens is 315 g/mol. The third kappa shape index (κ3) is 5.88. The molecule has 1 rings (SSSR count). The van der Waals surface area contributed by atoms with Crippen molar-refractivity contribution in [3.63, 3.8) is 0 Å². The first-order valence-electron chi connectivity index (χ1n) is 7.59. The molecule has 1 heterocycles. The average Bonchev–Trinajstić information content (AvgIpc) is 2.35. The summed E-state index contributed by atoms with van der Waals surface area (Å²) in [5.74, 6) is 0.180. The Hall–Kier alpha value is -0.955. The molecule has 0 aliphatic heterocycles. The van der Waals surface area contributed by atoms with Crippen LogP contribution in [0.25, 0.3) is 0 Å². The highest BCUT2D eigenvalue weighted by Crippen LogP contribution is 2.21. The molecule has 0 fully saturated rings. The van der Waals surface area contributed by atoms with E-state index in [1.807, 2.05) is 27.7 Å². The van der Waals surface area contributed by atoms with Crippen LogP contribution in [0.4, 0.5) is 0 Å². The largest absolute Gasteiger partial charge is 0.493 e.